The molecule has 0 amide bonds. The lowest BCUT2D eigenvalue weighted by atomic mass is 9.80. The highest BCUT2D eigenvalue weighted by molar-refractivity contribution is 7.80. The first kappa shape index (κ1) is 20.7. The van der Waals surface area contributed by atoms with Gasteiger partial charge in [-0.2, -0.15) is 0 Å². The molecule has 1 aromatic heterocycles. The van der Waals surface area contributed by atoms with E-state index in [-0.39, 0.29) is 11.1 Å². The third-order valence-electron chi connectivity index (χ3n) is 5.14. The quantitative estimate of drug-likeness (QED) is 0.739. The Balaban J connectivity index is 1.74. The fourth-order valence-corrected chi connectivity index (χ4v) is 4.70. The molecule has 1 aromatic carbocycles. The molecule has 5 heteroatoms. The zero-order valence-electron chi connectivity index (χ0n) is 17.4. The molecule has 0 radical (unpaired) electrons. The molecule has 0 saturated carbocycles. The number of aromatic nitrogens is 1. The summed E-state index contributed by atoms with van der Waals surface area (Å²) in [6.45, 7) is 10.6. The SMILES string of the molecule is CC1(C)CC(NC(=S)N(Cc2ccccc2)Cc2ccncc2)CC(C)(C)N1. The van der Waals surface area contributed by atoms with Crippen LogP contribution in [-0.2, 0) is 13.1 Å². The van der Waals surface area contributed by atoms with Gasteiger partial charge in [0, 0.05) is 42.6 Å². The van der Waals surface area contributed by atoms with E-state index >= 15 is 0 Å². The van der Waals surface area contributed by atoms with Gasteiger partial charge in [-0.1, -0.05) is 30.3 Å². The number of benzene rings is 1. The van der Waals surface area contributed by atoms with E-state index in [1.165, 1.54) is 11.1 Å². The second-order valence-corrected chi connectivity index (χ2v) is 9.53. The monoisotopic (exact) mass is 396 g/mol. The van der Waals surface area contributed by atoms with E-state index in [9.17, 15) is 0 Å². The molecule has 1 aliphatic heterocycles. The normalized spacial score (nSPS) is 18.4. The molecular weight excluding hydrogens is 364 g/mol. The van der Waals surface area contributed by atoms with Gasteiger partial charge in [0.1, 0.15) is 0 Å². The Labute approximate surface area is 174 Å². The summed E-state index contributed by atoms with van der Waals surface area (Å²) in [5, 5.41) is 8.23. The van der Waals surface area contributed by atoms with Crippen LogP contribution in [0.5, 0.6) is 0 Å². The second-order valence-electron chi connectivity index (χ2n) is 9.14. The Morgan fingerprint density at radius 1 is 1.00 bits per heavy atom. The molecule has 2 N–H and O–H groups in total. The number of hydrogen-bond donors (Lipinski definition) is 2. The van der Waals surface area contributed by atoms with Crippen molar-refractivity contribution in [3.63, 3.8) is 0 Å². The van der Waals surface area contributed by atoms with E-state index in [4.69, 9.17) is 12.2 Å². The van der Waals surface area contributed by atoms with Crippen LogP contribution in [0.25, 0.3) is 0 Å². The van der Waals surface area contributed by atoms with Gasteiger partial charge < -0.3 is 15.5 Å². The van der Waals surface area contributed by atoms with E-state index < -0.39 is 0 Å². The molecule has 1 aliphatic rings. The molecule has 0 atom stereocenters. The minimum Gasteiger partial charge on any atom is -0.360 e. The summed E-state index contributed by atoms with van der Waals surface area (Å²) in [6.07, 6.45) is 5.77. The van der Waals surface area contributed by atoms with Crippen LogP contribution in [0.15, 0.2) is 54.9 Å². The third kappa shape index (κ3) is 6.01. The zero-order chi connectivity index (χ0) is 20.2. The van der Waals surface area contributed by atoms with Crippen LogP contribution in [0.4, 0.5) is 0 Å². The zero-order valence-corrected chi connectivity index (χ0v) is 18.2. The fraction of sp³-hybridized carbons (Fsp3) is 0.478. The molecule has 1 fully saturated rings. The Bertz CT molecular complexity index is 716. The molecule has 150 valence electrons. The molecule has 2 aromatic rings. The largest absolute Gasteiger partial charge is 0.360 e. The first-order chi connectivity index (χ1) is 13.2. The van der Waals surface area contributed by atoms with Gasteiger partial charge in [0.25, 0.3) is 0 Å². The summed E-state index contributed by atoms with van der Waals surface area (Å²) < 4.78 is 0. The minimum absolute atomic E-state index is 0.0877. The maximum Gasteiger partial charge on any atom is 0.169 e. The Morgan fingerprint density at radius 3 is 2.11 bits per heavy atom. The summed E-state index contributed by atoms with van der Waals surface area (Å²) >= 11 is 5.88. The Morgan fingerprint density at radius 2 is 1.54 bits per heavy atom. The van der Waals surface area contributed by atoms with Crippen molar-refractivity contribution in [3.05, 3.63) is 66.0 Å². The maximum atomic E-state index is 5.88. The summed E-state index contributed by atoms with van der Waals surface area (Å²) in [7, 11) is 0. The van der Waals surface area contributed by atoms with Gasteiger partial charge in [-0.25, -0.2) is 0 Å². The van der Waals surface area contributed by atoms with Gasteiger partial charge in [-0.3, -0.25) is 4.98 Å². The van der Waals surface area contributed by atoms with Gasteiger partial charge in [0.2, 0.25) is 0 Å². The lowest BCUT2D eigenvalue weighted by molar-refractivity contribution is 0.153. The van der Waals surface area contributed by atoms with Crippen LogP contribution in [-0.4, -0.2) is 32.1 Å². The van der Waals surface area contributed by atoms with Crippen LogP contribution < -0.4 is 10.6 Å². The van der Waals surface area contributed by atoms with Crippen LogP contribution in [0.1, 0.15) is 51.7 Å². The molecule has 3 rings (SSSR count). The number of pyridine rings is 1. The first-order valence-electron chi connectivity index (χ1n) is 10.0. The molecule has 2 heterocycles. The number of thiocarbonyl (C=S) groups is 1. The highest BCUT2D eigenvalue weighted by Crippen LogP contribution is 2.28. The predicted molar refractivity (Wildman–Crippen MR) is 120 cm³/mol. The average molecular weight is 397 g/mol. The van der Waals surface area contributed by atoms with Crippen LogP contribution in [0, 0.1) is 0 Å². The lowest BCUT2D eigenvalue weighted by Crippen LogP contribution is -2.62. The third-order valence-corrected chi connectivity index (χ3v) is 5.52. The van der Waals surface area contributed by atoms with Crippen molar-refractivity contribution >= 4 is 17.3 Å². The van der Waals surface area contributed by atoms with E-state index in [1.807, 2.05) is 18.5 Å². The maximum absolute atomic E-state index is 5.88. The van der Waals surface area contributed by atoms with Crippen molar-refractivity contribution in [3.8, 4) is 0 Å². The van der Waals surface area contributed by atoms with Crippen molar-refractivity contribution in [1.82, 2.24) is 20.5 Å². The highest BCUT2D eigenvalue weighted by atomic mass is 32.1. The second kappa shape index (κ2) is 8.58. The van der Waals surface area contributed by atoms with E-state index in [0.717, 1.165) is 31.0 Å². The Hall–Kier alpha value is -1.98. The van der Waals surface area contributed by atoms with Crippen LogP contribution in [0.2, 0.25) is 0 Å². The topological polar surface area (TPSA) is 40.2 Å². The average Bonchev–Trinajstić information content (AvgIpc) is 2.60. The van der Waals surface area contributed by atoms with E-state index in [0.29, 0.717) is 6.04 Å². The number of rotatable bonds is 5. The van der Waals surface area contributed by atoms with Gasteiger partial charge in [0.15, 0.2) is 5.11 Å². The van der Waals surface area contributed by atoms with Crippen molar-refractivity contribution in [1.29, 1.82) is 0 Å². The molecular formula is C23H32N4S. The van der Waals surface area contributed by atoms with E-state index in [2.05, 4.69) is 84.6 Å². The van der Waals surface area contributed by atoms with Gasteiger partial charge in [-0.05, 0) is 76.0 Å². The standard InChI is InChI=1S/C23H32N4S/c1-22(2)14-20(15-23(3,4)26-22)25-21(28)27(16-18-8-6-5-7-9-18)17-19-10-12-24-13-11-19/h5-13,20,26H,14-17H2,1-4H3,(H,25,28). The fourth-order valence-electron chi connectivity index (χ4n) is 4.40. The molecule has 0 spiro atoms. The number of hydrogen-bond acceptors (Lipinski definition) is 3. The molecule has 0 aliphatic carbocycles. The Kier molecular flexibility index (Phi) is 6.36. The van der Waals surface area contributed by atoms with Gasteiger partial charge in [-0.15, -0.1) is 0 Å². The van der Waals surface area contributed by atoms with Gasteiger partial charge in [0.05, 0.1) is 0 Å². The molecule has 4 nitrogen and oxygen atoms in total. The van der Waals surface area contributed by atoms with Crippen molar-refractivity contribution in [2.45, 2.75) is 70.7 Å². The summed E-state index contributed by atoms with van der Waals surface area (Å²) in [5.74, 6) is 0. The predicted octanol–water partition coefficient (Wildman–Crippen LogP) is 4.27. The number of nitrogens with zero attached hydrogens (tertiary/aromatic N) is 2. The molecule has 0 unspecified atom stereocenters. The summed E-state index contributed by atoms with van der Waals surface area (Å²) in [6, 6.07) is 15.0. The smallest absolute Gasteiger partial charge is 0.169 e. The summed E-state index contributed by atoms with van der Waals surface area (Å²) in [4.78, 5) is 6.39. The van der Waals surface area contributed by atoms with Crippen molar-refractivity contribution < 1.29 is 0 Å². The molecule has 0 bridgehead atoms. The highest BCUT2D eigenvalue weighted by Gasteiger charge is 2.38. The number of nitrogens with one attached hydrogen (secondary N) is 2. The lowest BCUT2D eigenvalue weighted by Gasteiger charge is -2.47. The van der Waals surface area contributed by atoms with Gasteiger partial charge >= 0.3 is 0 Å². The first-order valence-corrected chi connectivity index (χ1v) is 10.4. The molecule has 1 saturated heterocycles. The van der Waals surface area contributed by atoms with Crippen molar-refractivity contribution in [2.75, 3.05) is 0 Å². The summed E-state index contributed by atoms with van der Waals surface area (Å²) in [5.41, 5.74) is 2.64. The minimum atomic E-state index is 0.0877. The molecule has 28 heavy (non-hydrogen) atoms. The number of piperidine rings is 1. The van der Waals surface area contributed by atoms with Crippen molar-refractivity contribution in [2.24, 2.45) is 0 Å². The van der Waals surface area contributed by atoms with Crippen LogP contribution >= 0.6 is 12.2 Å². The van der Waals surface area contributed by atoms with E-state index in [1.54, 1.807) is 0 Å². The van der Waals surface area contributed by atoms with Crippen LogP contribution in [0.3, 0.4) is 0 Å².